The van der Waals surface area contributed by atoms with Crippen LogP contribution in [0.1, 0.15) is 45.4 Å². The van der Waals surface area contributed by atoms with Crippen LogP contribution in [0.25, 0.3) is 0 Å². The first kappa shape index (κ1) is 13.9. The van der Waals surface area contributed by atoms with Gasteiger partial charge in [0.1, 0.15) is 6.10 Å². The Hall–Kier alpha value is -1.05. The second-order valence-corrected chi connectivity index (χ2v) is 3.67. The molecule has 0 aliphatic rings. The molecule has 2 nitrogen and oxygen atoms in total. The fourth-order valence-electron chi connectivity index (χ4n) is 1.48. The molecule has 0 aromatic carbocycles. The van der Waals surface area contributed by atoms with Gasteiger partial charge in [-0.2, -0.15) is 0 Å². The second kappa shape index (κ2) is 9.50. The Balaban J connectivity index is 3.77. The minimum absolute atomic E-state index is 0.0717. The van der Waals surface area contributed by atoms with Crippen LogP contribution in [0, 0.1) is 0 Å². The van der Waals surface area contributed by atoms with Crippen molar-refractivity contribution < 1.29 is 9.53 Å². The lowest BCUT2D eigenvalue weighted by Gasteiger charge is -2.16. The van der Waals surface area contributed by atoms with Crippen LogP contribution in [0.3, 0.4) is 0 Å². The molecule has 0 heterocycles. The van der Waals surface area contributed by atoms with Gasteiger partial charge < -0.3 is 4.74 Å². The predicted octanol–water partition coefficient (Wildman–Crippen LogP) is 3.63. The smallest absolute Gasteiger partial charge is 0.302 e. The van der Waals surface area contributed by atoms with Gasteiger partial charge in [0.2, 0.25) is 0 Å². The molecule has 15 heavy (non-hydrogen) atoms. The zero-order chi connectivity index (χ0) is 11.5. The quantitative estimate of drug-likeness (QED) is 0.330. The summed E-state index contributed by atoms with van der Waals surface area (Å²) in [7, 11) is 0. The van der Waals surface area contributed by atoms with Gasteiger partial charge in [-0.05, 0) is 38.5 Å². The van der Waals surface area contributed by atoms with E-state index in [2.05, 4.69) is 13.2 Å². The van der Waals surface area contributed by atoms with E-state index in [0.29, 0.717) is 0 Å². The molecule has 0 unspecified atom stereocenters. The number of unbranched alkanes of at least 4 members (excludes halogenated alkanes) is 2. The monoisotopic (exact) mass is 210 g/mol. The van der Waals surface area contributed by atoms with Crippen LogP contribution in [0.2, 0.25) is 0 Å². The zero-order valence-corrected chi connectivity index (χ0v) is 9.71. The van der Waals surface area contributed by atoms with Crippen LogP contribution in [0.5, 0.6) is 0 Å². The lowest BCUT2D eigenvalue weighted by atomic mass is 10.1. The normalized spacial score (nSPS) is 10.0. The first-order valence-corrected chi connectivity index (χ1v) is 5.59. The number of esters is 1. The van der Waals surface area contributed by atoms with E-state index < -0.39 is 0 Å². The van der Waals surface area contributed by atoms with Crippen LogP contribution < -0.4 is 0 Å². The summed E-state index contributed by atoms with van der Waals surface area (Å²) in [5.41, 5.74) is 0. The van der Waals surface area contributed by atoms with Crippen LogP contribution >= 0.6 is 0 Å². The first-order valence-electron chi connectivity index (χ1n) is 5.59. The van der Waals surface area contributed by atoms with Crippen molar-refractivity contribution >= 4 is 5.97 Å². The molecule has 0 saturated carbocycles. The summed E-state index contributed by atoms with van der Waals surface area (Å²) in [4.78, 5) is 10.9. The molecule has 0 aliphatic heterocycles. The fraction of sp³-hybridized carbons (Fsp3) is 0.615. The van der Waals surface area contributed by atoms with Gasteiger partial charge in [-0.25, -0.2) is 0 Å². The maximum absolute atomic E-state index is 10.9. The van der Waals surface area contributed by atoms with E-state index in [9.17, 15) is 4.79 Å². The minimum Gasteiger partial charge on any atom is -0.463 e. The third kappa shape index (κ3) is 9.26. The Morgan fingerprint density at radius 3 is 2.00 bits per heavy atom. The molecule has 0 N–H and O–H groups in total. The average Bonchev–Trinajstić information content (AvgIpc) is 2.17. The Labute approximate surface area is 93.0 Å². The molecule has 0 aromatic rings. The largest absolute Gasteiger partial charge is 0.463 e. The molecule has 0 saturated heterocycles. The van der Waals surface area contributed by atoms with Gasteiger partial charge in [0.25, 0.3) is 0 Å². The molecule has 0 radical (unpaired) electrons. The highest BCUT2D eigenvalue weighted by atomic mass is 16.5. The van der Waals surface area contributed by atoms with Gasteiger partial charge in [-0.3, -0.25) is 4.79 Å². The van der Waals surface area contributed by atoms with Crippen molar-refractivity contribution in [3.63, 3.8) is 0 Å². The van der Waals surface area contributed by atoms with Gasteiger partial charge >= 0.3 is 5.97 Å². The summed E-state index contributed by atoms with van der Waals surface area (Å²) in [6.45, 7) is 8.81. The van der Waals surface area contributed by atoms with Gasteiger partial charge in [-0.15, -0.1) is 13.2 Å². The predicted molar refractivity (Wildman–Crippen MR) is 63.7 cm³/mol. The molecule has 0 spiro atoms. The molecule has 0 rings (SSSR count). The summed E-state index contributed by atoms with van der Waals surface area (Å²) in [6, 6.07) is 0. The molecule has 2 heteroatoms. The van der Waals surface area contributed by atoms with Gasteiger partial charge in [0.15, 0.2) is 0 Å². The third-order valence-electron chi connectivity index (χ3n) is 2.20. The second-order valence-electron chi connectivity index (χ2n) is 3.67. The SMILES string of the molecule is C=CCCCC(CCCC=C)OC(C)=O. The number of carbonyl (C=O) groups excluding carboxylic acids is 1. The molecule has 0 aliphatic carbocycles. The van der Waals surface area contributed by atoms with Crippen molar-refractivity contribution in [3.05, 3.63) is 25.3 Å². The van der Waals surface area contributed by atoms with Crippen molar-refractivity contribution in [2.45, 2.75) is 51.6 Å². The number of ether oxygens (including phenoxy) is 1. The van der Waals surface area contributed by atoms with E-state index >= 15 is 0 Å². The summed E-state index contributed by atoms with van der Waals surface area (Å²) in [5.74, 6) is -0.183. The highest BCUT2D eigenvalue weighted by Crippen LogP contribution is 2.13. The van der Waals surface area contributed by atoms with Crippen LogP contribution in [0.4, 0.5) is 0 Å². The number of rotatable bonds is 9. The lowest BCUT2D eigenvalue weighted by molar-refractivity contribution is -0.147. The van der Waals surface area contributed by atoms with E-state index in [-0.39, 0.29) is 12.1 Å². The Morgan fingerprint density at radius 2 is 1.67 bits per heavy atom. The highest BCUT2D eigenvalue weighted by molar-refractivity contribution is 5.66. The lowest BCUT2D eigenvalue weighted by Crippen LogP contribution is -2.16. The third-order valence-corrected chi connectivity index (χ3v) is 2.20. The summed E-state index contributed by atoms with van der Waals surface area (Å²) in [5, 5.41) is 0. The number of hydrogen-bond acceptors (Lipinski definition) is 2. The molecule has 0 bridgehead atoms. The van der Waals surface area contributed by atoms with Gasteiger partial charge in [0, 0.05) is 6.92 Å². The van der Waals surface area contributed by atoms with E-state index in [1.807, 2.05) is 12.2 Å². The topological polar surface area (TPSA) is 26.3 Å². The fourth-order valence-corrected chi connectivity index (χ4v) is 1.48. The number of allylic oxidation sites excluding steroid dienone is 2. The molecule has 0 fully saturated rings. The van der Waals surface area contributed by atoms with Crippen molar-refractivity contribution in [1.82, 2.24) is 0 Å². The highest BCUT2D eigenvalue weighted by Gasteiger charge is 2.10. The van der Waals surface area contributed by atoms with Gasteiger partial charge in [-0.1, -0.05) is 12.2 Å². The van der Waals surface area contributed by atoms with E-state index in [4.69, 9.17) is 4.74 Å². The molecule has 0 amide bonds. The summed E-state index contributed by atoms with van der Waals surface area (Å²) in [6.07, 6.45) is 9.78. The van der Waals surface area contributed by atoms with Crippen molar-refractivity contribution in [3.8, 4) is 0 Å². The molecular formula is C13H22O2. The zero-order valence-electron chi connectivity index (χ0n) is 9.71. The van der Waals surface area contributed by atoms with E-state index in [1.54, 1.807) is 0 Å². The average molecular weight is 210 g/mol. The van der Waals surface area contributed by atoms with E-state index in [0.717, 1.165) is 38.5 Å². The molecule has 86 valence electrons. The van der Waals surface area contributed by atoms with Crippen molar-refractivity contribution in [1.29, 1.82) is 0 Å². The van der Waals surface area contributed by atoms with Crippen molar-refractivity contribution in [2.75, 3.05) is 0 Å². The van der Waals surface area contributed by atoms with Gasteiger partial charge in [0.05, 0.1) is 0 Å². The molecule has 0 aromatic heterocycles. The summed E-state index contributed by atoms with van der Waals surface area (Å²) < 4.78 is 5.24. The number of carbonyl (C=O) groups is 1. The molecular weight excluding hydrogens is 188 g/mol. The van der Waals surface area contributed by atoms with Crippen LogP contribution in [-0.2, 0) is 9.53 Å². The molecule has 0 atom stereocenters. The van der Waals surface area contributed by atoms with Crippen LogP contribution in [0.15, 0.2) is 25.3 Å². The van der Waals surface area contributed by atoms with Crippen molar-refractivity contribution in [2.24, 2.45) is 0 Å². The van der Waals surface area contributed by atoms with E-state index in [1.165, 1.54) is 6.92 Å². The Bertz CT molecular complexity index is 183. The maximum Gasteiger partial charge on any atom is 0.302 e. The Morgan fingerprint density at radius 1 is 1.20 bits per heavy atom. The minimum atomic E-state index is -0.183. The first-order chi connectivity index (χ1) is 7.20. The standard InChI is InChI=1S/C13H22O2/c1-4-6-8-10-13(15-12(3)14)11-9-7-5-2/h4-5,13H,1-2,6-11H2,3H3. The Kier molecular flexibility index (Phi) is 8.84. The maximum atomic E-state index is 10.9. The number of hydrogen-bond donors (Lipinski definition) is 0. The summed E-state index contributed by atoms with van der Waals surface area (Å²) >= 11 is 0. The van der Waals surface area contributed by atoms with Crippen LogP contribution in [-0.4, -0.2) is 12.1 Å².